The van der Waals surface area contributed by atoms with Crippen LogP contribution in [0.15, 0.2) is 24.3 Å². The molecule has 0 unspecified atom stereocenters. The summed E-state index contributed by atoms with van der Waals surface area (Å²) >= 11 is 0. The molecule has 1 aromatic carbocycles. The molecule has 0 saturated heterocycles. The molecular formula is C18H27N3O2. The van der Waals surface area contributed by atoms with Crippen molar-refractivity contribution in [1.29, 1.82) is 0 Å². The largest absolute Gasteiger partial charge is 0.376 e. The molecule has 0 spiro atoms. The Morgan fingerprint density at radius 2 is 1.96 bits per heavy atom. The lowest BCUT2D eigenvalue weighted by Gasteiger charge is -2.22. The van der Waals surface area contributed by atoms with Gasteiger partial charge in [0.1, 0.15) is 0 Å². The maximum absolute atomic E-state index is 12.0. The number of amides is 2. The van der Waals surface area contributed by atoms with Gasteiger partial charge in [0.25, 0.3) is 5.91 Å². The van der Waals surface area contributed by atoms with Crippen molar-refractivity contribution < 1.29 is 9.59 Å². The van der Waals surface area contributed by atoms with Crippen molar-refractivity contribution in [2.45, 2.75) is 51.5 Å². The van der Waals surface area contributed by atoms with Crippen molar-refractivity contribution in [3.63, 3.8) is 0 Å². The second-order valence-corrected chi connectivity index (χ2v) is 6.09. The Bertz CT molecular complexity index is 525. The molecule has 0 bridgehead atoms. The van der Waals surface area contributed by atoms with Crippen LogP contribution in [0.3, 0.4) is 0 Å². The van der Waals surface area contributed by atoms with Gasteiger partial charge in [0.2, 0.25) is 5.91 Å². The Balaban J connectivity index is 1.80. The van der Waals surface area contributed by atoms with E-state index in [2.05, 4.69) is 16.0 Å². The zero-order valence-corrected chi connectivity index (χ0v) is 13.9. The molecule has 5 heteroatoms. The molecule has 0 aromatic heterocycles. The van der Waals surface area contributed by atoms with E-state index in [-0.39, 0.29) is 18.4 Å². The Kier molecular flexibility index (Phi) is 6.91. The van der Waals surface area contributed by atoms with Crippen LogP contribution in [-0.4, -0.2) is 30.9 Å². The van der Waals surface area contributed by atoms with Gasteiger partial charge in [-0.25, -0.2) is 0 Å². The Hall–Kier alpha value is -2.04. The molecule has 1 fully saturated rings. The van der Waals surface area contributed by atoms with Crippen molar-refractivity contribution >= 4 is 17.5 Å². The molecule has 23 heavy (non-hydrogen) atoms. The van der Waals surface area contributed by atoms with Gasteiger partial charge >= 0.3 is 0 Å². The molecule has 1 aliphatic rings. The van der Waals surface area contributed by atoms with Crippen LogP contribution in [0.1, 0.15) is 55.8 Å². The van der Waals surface area contributed by atoms with Gasteiger partial charge in [0.05, 0.1) is 6.54 Å². The van der Waals surface area contributed by atoms with Gasteiger partial charge in [-0.3, -0.25) is 9.59 Å². The molecule has 2 amide bonds. The molecule has 1 saturated carbocycles. The first-order chi connectivity index (χ1) is 11.2. The molecule has 5 nitrogen and oxygen atoms in total. The van der Waals surface area contributed by atoms with Gasteiger partial charge in [-0.15, -0.1) is 0 Å². The average molecular weight is 317 g/mol. The third-order valence-corrected chi connectivity index (χ3v) is 4.08. The highest BCUT2D eigenvalue weighted by Gasteiger charge is 2.15. The molecule has 3 N–H and O–H groups in total. The summed E-state index contributed by atoms with van der Waals surface area (Å²) in [6.07, 6.45) is 6.75. The van der Waals surface area contributed by atoms with E-state index in [1.165, 1.54) is 19.3 Å². The van der Waals surface area contributed by atoms with E-state index in [4.69, 9.17) is 0 Å². The first kappa shape index (κ1) is 17.3. The number of carbonyl (C=O) groups excluding carboxylic acids is 2. The third kappa shape index (κ3) is 5.93. The second-order valence-electron chi connectivity index (χ2n) is 6.09. The fourth-order valence-electron chi connectivity index (χ4n) is 2.82. The summed E-state index contributed by atoms with van der Waals surface area (Å²) in [5.74, 6) is -0.0695. The number of hydrogen-bond acceptors (Lipinski definition) is 3. The van der Waals surface area contributed by atoms with Crippen molar-refractivity contribution in [1.82, 2.24) is 10.6 Å². The van der Waals surface area contributed by atoms with E-state index in [1.54, 1.807) is 12.1 Å². The molecule has 0 atom stereocenters. The Labute approximate surface area is 138 Å². The molecule has 126 valence electrons. The first-order valence-corrected chi connectivity index (χ1v) is 8.60. The molecule has 1 aliphatic carbocycles. The van der Waals surface area contributed by atoms with Crippen molar-refractivity contribution in [2.24, 2.45) is 0 Å². The summed E-state index contributed by atoms with van der Waals surface area (Å²) in [6.45, 7) is 2.92. The van der Waals surface area contributed by atoms with Crippen LogP contribution in [0.4, 0.5) is 5.69 Å². The third-order valence-electron chi connectivity index (χ3n) is 4.08. The van der Waals surface area contributed by atoms with Gasteiger partial charge in [-0.1, -0.05) is 32.3 Å². The minimum Gasteiger partial charge on any atom is -0.376 e. The van der Waals surface area contributed by atoms with Crippen molar-refractivity contribution in [2.75, 3.05) is 18.4 Å². The zero-order valence-electron chi connectivity index (χ0n) is 13.9. The number of hydrogen-bond donors (Lipinski definition) is 3. The Morgan fingerprint density at radius 3 is 2.70 bits per heavy atom. The highest BCUT2D eigenvalue weighted by Crippen LogP contribution is 2.17. The number of anilines is 1. The molecule has 1 aromatic rings. The predicted molar refractivity (Wildman–Crippen MR) is 92.6 cm³/mol. The fourth-order valence-corrected chi connectivity index (χ4v) is 2.82. The van der Waals surface area contributed by atoms with E-state index in [0.29, 0.717) is 18.2 Å². The van der Waals surface area contributed by atoms with E-state index in [0.717, 1.165) is 24.9 Å². The molecular weight excluding hydrogens is 290 g/mol. The summed E-state index contributed by atoms with van der Waals surface area (Å²) < 4.78 is 0. The molecule has 0 heterocycles. The highest BCUT2D eigenvalue weighted by molar-refractivity contribution is 5.95. The number of benzene rings is 1. The smallest absolute Gasteiger partial charge is 0.251 e. The number of carbonyl (C=O) groups is 2. The minimum absolute atomic E-state index is 0.0118. The predicted octanol–water partition coefficient (Wildman–Crippen LogP) is 2.69. The van der Waals surface area contributed by atoms with Gasteiger partial charge < -0.3 is 16.0 Å². The maximum Gasteiger partial charge on any atom is 0.251 e. The summed E-state index contributed by atoms with van der Waals surface area (Å²) in [6, 6.07) is 7.56. The number of nitrogens with one attached hydrogen (secondary N) is 3. The summed E-state index contributed by atoms with van der Waals surface area (Å²) in [5, 5.41) is 9.02. The minimum atomic E-state index is -0.0813. The number of rotatable bonds is 7. The van der Waals surface area contributed by atoms with Crippen LogP contribution in [0.2, 0.25) is 0 Å². The van der Waals surface area contributed by atoms with Crippen LogP contribution in [-0.2, 0) is 4.79 Å². The van der Waals surface area contributed by atoms with Crippen molar-refractivity contribution in [3.05, 3.63) is 29.8 Å². The van der Waals surface area contributed by atoms with Crippen LogP contribution in [0.25, 0.3) is 0 Å². The van der Waals surface area contributed by atoms with Gasteiger partial charge in [0.15, 0.2) is 0 Å². The molecule has 0 aliphatic heterocycles. The first-order valence-electron chi connectivity index (χ1n) is 8.60. The maximum atomic E-state index is 12.0. The van der Waals surface area contributed by atoms with E-state index < -0.39 is 0 Å². The lowest BCUT2D eigenvalue weighted by Crippen LogP contribution is -2.39. The highest BCUT2D eigenvalue weighted by atomic mass is 16.2. The standard InChI is InChI=1S/C18H27N3O2/c1-2-11-19-18(23)14-7-6-10-16(12-14)20-13-17(22)21-15-8-4-3-5-9-15/h6-7,10,12,15,20H,2-5,8-9,11,13H2,1H3,(H,19,23)(H,21,22). The molecule has 0 radical (unpaired) electrons. The van der Waals surface area contributed by atoms with Crippen molar-refractivity contribution in [3.8, 4) is 0 Å². The van der Waals surface area contributed by atoms with E-state index in [9.17, 15) is 9.59 Å². The summed E-state index contributed by atoms with van der Waals surface area (Å²) in [7, 11) is 0. The van der Waals surface area contributed by atoms with E-state index >= 15 is 0 Å². The van der Waals surface area contributed by atoms with Crippen LogP contribution < -0.4 is 16.0 Å². The van der Waals surface area contributed by atoms with Gasteiger partial charge in [0, 0.05) is 23.8 Å². The summed E-state index contributed by atoms with van der Waals surface area (Å²) in [4.78, 5) is 23.9. The zero-order chi connectivity index (χ0) is 16.5. The lowest BCUT2D eigenvalue weighted by molar-refractivity contribution is -0.120. The average Bonchev–Trinajstić information content (AvgIpc) is 2.59. The second kappa shape index (κ2) is 9.18. The summed E-state index contributed by atoms with van der Waals surface area (Å²) in [5.41, 5.74) is 1.39. The van der Waals surface area contributed by atoms with Gasteiger partial charge in [-0.05, 0) is 37.5 Å². The molecule has 2 rings (SSSR count). The SMILES string of the molecule is CCCNC(=O)c1cccc(NCC(=O)NC2CCCCC2)c1. The van der Waals surface area contributed by atoms with Gasteiger partial charge in [-0.2, -0.15) is 0 Å². The Morgan fingerprint density at radius 1 is 1.17 bits per heavy atom. The monoisotopic (exact) mass is 317 g/mol. The topological polar surface area (TPSA) is 70.2 Å². The lowest BCUT2D eigenvalue weighted by atomic mass is 9.95. The quantitative estimate of drug-likeness (QED) is 0.724. The van der Waals surface area contributed by atoms with Crippen LogP contribution in [0, 0.1) is 0 Å². The van der Waals surface area contributed by atoms with Crippen LogP contribution in [0.5, 0.6) is 0 Å². The van der Waals surface area contributed by atoms with E-state index in [1.807, 2.05) is 19.1 Å². The van der Waals surface area contributed by atoms with Crippen LogP contribution >= 0.6 is 0 Å². The normalized spacial score (nSPS) is 15.0. The fraction of sp³-hybridized carbons (Fsp3) is 0.556.